The van der Waals surface area contributed by atoms with E-state index in [-0.39, 0.29) is 12.2 Å². The molecule has 0 unspecified atom stereocenters. The van der Waals surface area contributed by atoms with Crippen LogP contribution in [0.15, 0.2) is 12.5 Å². The van der Waals surface area contributed by atoms with Gasteiger partial charge in [-0.05, 0) is 13.8 Å². The fourth-order valence-corrected chi connectivity index (χ4v) is 1.75. The topological polar surface area (TPSA) is 90.1 Å². The molecule has 0 spiro atoms. The molecule has 0 aromatic carbocycles. The van der Waals surface area contributed by atoms with E-state index in [4.69, 9.17) is 9.84 Å². The third-order valence-electron chi connectivity index (χ3n) is 2.82. The predicted molar refractivity (Wildman–Crippen MR) is 66.0 cm³/mol. The third kappa shape index (κ3) is 2.54. The molecule has 0 aliphatic carbocycles. The van der Waals surface area contributed by atoms with Crippen molar-refractivity contribution in [1.29, 1.82) is 0 Å². The minimum absolute atomic E-state index is 0.0432. The number of carboxylic acids is 1. The van der Waals surface area contributed by atoms with Crippen molar-refractivity contribution in [3.63, 3.8) is 0 Å². The van der Waals surface area contributed by atoms with Gasteiger partial charge in [-0.25, -0.2) is 14.8 Å². The van der Waals surface area contributed by atoms with Gasteiger partial charge in [-0.3, -0.25) is 4.68 Å². The minimum Gasteiger partial charge on any atom is -0.483 e. The van der Waals surface area contributed by atoms with Crippen LogP contribution in [-0.4, -0.2) is 30.8 Å². The van der Waals surface area contributed by atoms with Crippen molar-refractivity contribution in [3.8, 4) is 5.75 Å². The van der Waals surface area contributed by atoms with Gasteiger partial charge in [-0.15, -0.1) is 0 Å². The second-order valence-electron chi connectivity index (χ2n) is 4.10. The smallest absolute Gasteiger partial charge is 0.339 e. The lowest BCUT2D eigenvalue weighted by molar-refractivity contribution is 0.0692. The summed E-state index contributed by atoms with van der Waals surface area (Å²) < 4.78 is 7.34. The highest BCUT2D eigenvalue weighted by molar-refractivity contribution is 5.88. The summed E-state index contributed by atoms with van der Waals surface area (Å²) in [6, 6.07) is 0. The first kappa shape index (κ1) is 13.0. The summed E-state index contributed by atoms with van der Waals surface area (Å²) in [5, 5.41) is 13.2. The van der Waals surface area contributed by atoms with Gasteiger partial charge in [0.15, 0.2) is 5.75 Å². The highest BCUT2D eigenvalue weighted by Crippen LogP contribution is 2.22. The fourth-order valence-electron chi connectivity index (χ4n) is 1.75. The quantitative estimate of drug-likeness (QED) is 0.887. The molecule has 7 nitrogen and oxygen atoms in total. The second kappa shape index (κ2) is 5.05. The molecule has 0 atom stereocenters. The average molecular weight is 262 g/mol. The third-order valence-corrected chi connectivity index (χ3v) is 2.82. The zero-order valence-corrected chi connectivity index (χ0v) is 10.9. The van der Waals surface area contributed by atoms with E-state index in [1.807, 2.05) is 20.9 Å². The number of rotatable bonds is 4. The van der Waals surface area contributed by atoms with Crippen molar-refractivity contribution >= 4 is 5.97 Å². The molecule has 2 heterocycles. The molecule has 0 radical (unpaired) electrons. The Labute approximate surface area is 109 Å². The second-order valence-corrected chi connectivity index (χ2v) is 4.10. The van der Waals surface area contributed by atoms with Gasteiger partial charge < -0.3 is 9.84 Å². The summed E-state index contributed by atoms with van der Waals surface area (Å²) in [6.07, 6.45) is 2.56. The molecule has 7 heteroatoms. The molecule has 2 aromatic heterocycles. The maximum atomic E-state index is 11.0. The number of carboxylic acid groups (broad SMARTS) is 1. The van der Waals surface area contributed by atoms with Gasteiger partial charge in [0.05, 0.1) is 11.4 Å². The van der Waals surface area contributed by atoms with E-state index in [1.165, 1.54) is 12.5 Å². The van der Waals surface area contributed by atoms with Gasteiger partial charge in [-0.2, -0.15) is 5.10 Å². The van der Waals surface area contributed by atoms with Crippen LogP contribution in [0.4, 0.5) is 0 Å². The molecule has 0 saturated carbocycles. The van der Waals surface area contributed by atoms with Crippen molar-refractivity contribution < 1.29 is 14.6 Å². The lowest BCUT2D eigenvalue weighted by Gasteiger charge is -2.07. The summed E-state index contributed by atoms with van der Waals surface area (Å²) in [4.78, 5) is 18.7. The number of aromatic carboxylic acids is 1. The number of nitrogens with zero attached hydrogens (tertiary/aromatic N) is 4. The highest BCUT2D eigenvalue weighted by Gasteiger charge is 2.15. The maximum absolute atomic E-state index is 11.0. The Hall–Kier alpha value is -2.44. The Balaban J connectivity index is 2.22. The van der Waals surface area contributed by atoms with E-state index < -0.39 is 5.97 Å². The highest BCUT2D eigenvalue weighted by atomic mass is 16.5. The summed E-state index contributed by atoms with van der Waals surface area (Å²) in [5.74, 6) is -0.420. The molecule has 0 aliphatic heterocycles. The van der Waals surface area contributed by atoms with E-state index >= 15 is 0 Å². The fraction of sp³-hybridized carbons (Fsp3) is 0.333. The van der Waals surface area contributed by atoms with Crippen LogP contribution in [0.1, 0.15) is 27.4 Å². The van der Waals surface area contributed by atoms with Crippen molar-refractivity contribution in [1.82, 2.24) is 19.7 Å². The van der Waals surface area contributed by atoms with Crippen LogP contribution in [0, 0.1) is 13.8 Å². The monoisotopic (exact) mass is 262 g/mol. The van der Waals surface area contributed by atoms with Crippen LogP contribution in [0.5, 0.6) is 5.75 Å². The number of aromatic nitrogens is 4. The molecule has 2 rings (SSSR count). The molecule has 0 aliphatic rings. The standard InChI is InChI=1S/C12H14N4O3/c1-7-11(8(2)16(3)15-7)19-5-10-9(12(17)18)4-13-6-14-10/h4,6H,5H2,1-3H3,(H,17,18). The van der Waals surface area contributed by atoms with Gasteiger partial charge in [0.1, 0.15) is 24.2 Å². The molecule has 0 amide bonds. The Kier molecular flexibility index (Phi) is 3.46. The summed E-state index contributed by atoms with van der Waals surface area (Å²) in [5.41, 5.74) is 2.02. The number of ether oxygens (including phenoxy) is 1. The predicted octanol–water partition coefficient (Wildman–Crippen LogP) is 1.10. The van der Waals surface area contributed by atoms with Gasteiger partial charge in [0, 0.05) is 13.2 Å². The number of aryl methyl sites for hydroxylation is 2. The zero-order chi connectivity index (χ0) is 14.0. The van der Waals surface area contributed by atoms with E-state index in [2.05, 4.69) is 15.1 Å². The first-order valence-electron chi connectivity index (χ1n) is 5.66. The molecule has 0 bridgehead atoms. The number of hydrogen-bond donors (Lipinski definition) is 1. The molecular weight excluding hydrogens is 248 g/mol. The Morgan fingerprint density at radius 3 is 2.79 bits per heavy atom. The molecule has 0 fully saturated rings. The number of carbonyl (C=O) groups is 1. The van der Waals surface area contributed by atoms with Crippen molar-refractivity contribution in [2.75, 3.05) is 0 Å². The maximum Gasteiger partial charge on any atom is 0.339 e. The van der Waals surface area contributed by atoms with Crippen molar-refractivity contribution in [2.45, 2.75) is 20.5 Å². The van der Waals surface area contributed by atoms with Crippen LogP contribution >= 0.6 is 0 Å². The van der Waals surface area contributed by atoms with Crippen LogP contribution in [0.3, 0.4) is 0 Å². The molecule has 19 heavy (non-hydrogen) atoms. The van der Waals surface area contributed by atoms with Crippen LogP contribution in [-0.2, 0) is 13.7 Å². The molecule has 0 saturated heterocycles. The van der Waals surface area contributed by atoms with Crippen LogP contribution in [0.25, 0.3) is 0 Å². The molecular formula is C12H14N4O3. The van der Waals surface area contributed by atoms with Crippen LogP contribution < -0.4 is 4.74 Å². The molecule has 2 aromatic rings. The largest absolute Gasteiger partial charge is 0.483 e. The van der Waals surface area contributed by atoms with E-state index in [9.17, 15) is 4.79 Å². The molecule has 100 valence electrons. The van der Waals surface area contributed by atoms with E-state index in [0.29, 0.717) is 11.4 Å². The van der Waals surface area contributed by atoms with Gasteiger partial charge in [0.25, 0.3) is 0 Å². The van der Waals surface area contributed by atoms with Crippen molar-refractivity contribution in [2.24, 2.45) is 7.05 Å². The molecule has 1 N–H and O–H groups in total. The first-order chi connectivity index (χ1) is 9.00. The van der Waals surface area contributed by atoms with E-state index in [1.54, 1.807) is 4.68 Å². The first-order valence-corrected chi connectivity index (χ1v) is 5.66. The van der Waals surface area contributed by atoms with Crippen molar-refractivity contribution in [3.05, 3.63) is 35.2 Å². The van der Waals surface area contributed by atoms with E-state index in [0.717, 1.165) is 11.4 Å². The van der Waals surface area contributed by atoms with Gasteiger partial charge in [0.2, 0.25) is 0 Å². The lowest BCUT2D eigenvalue weighted by atomic mass is 10.2. The normalized spacial score (nSPS) is 10.5. The lowest BCUT2D eigenvalue weighted by Crippen LogP contribution is -2.09. The Morgan fingerprint density at radius 2 is 2.21 bits per heavy atom. The SMILES string of the molecule is Cc1nn(C)c(C)c1OCc1ncncc1C(=O)O. The summed E-state index contributed by atoms with van der Waals surface area (Å²) in [7, 11) is 1.82. The summed E-state index contributed by atoms with van der Waals surface area (Å²) >= 11 is 0. The Bertz CT molecular complexity index is 621. The van der Waals surface area contributed by atoms with Crippen LogP contribution in [0.2, 0.25) is 0 Å². The van der Waals surface area contributed by atoms with Gasteiger partial charge >= 0.3 is 5.97 Å². The minimum atomic E-state index is -1.07. The average Bonchev–Trinajstić information content (AvgIpc) is 2.61. The Morgan fingerprint density at radius 1 is 1.47 bits per heavy atom. The van der Waals surface area contributed by atoms with Gasteiger partial charge in [-0.1, -0.05) is 0 Å². The number of hydrogen-bond acceptors (Lipinski definition) is 5. The summed E-state index contributed by atoms with van der Waals surface area (Å²) in [6.45, 7) is 3.78. The zero-order valence-electron chi connectivity index (χ0n) is 10.9.